The normalized spacial score (nSPS) is 13.0. The fourth-order valence-electron chi connectivity index (χ4n) is 4.96. The molecule has 0 fully saturated rings. The van der Waals surface area contributed by atoms with Crippen molar-refractivity contribution in [2.24, 2.45) is 0 Å². The van der Waals surface area contributed by atoms with Crippen LogP contribution in [0.1, 0.15) is 37.8 Å². The van der Waals surface area contributed by atoms with E-state index in [2.05, 4.69) is 9.44 Å². The number of ether oxygens (including phenoxy) is 1. The molecule has 0 bridgehead atoms. The van der Waals surface area contributed by atoms with Crippen LogP contribution in [0.2, 0.25) is 0 Å². The fraction of sp³-hybridized carbons (Fsp3) is 0.333. The van der Waals surface area contributed by atoms with Gasteiger partial charge in [-0.15, -0.1) is 0 Å². The van der Waals surface area contributed by atoms with Gasteiger partial charge < -0.3 is 9.84 Å². The van der Waals surface area contributed by atoms with Gasteiger partial charge in [0.15, 0.2) is 0 Å². The number of sulfonamides is 2. The van der Waals surface area contributed by atoms with Crippen molar-refractivity contribution in [3.05, 3.63) is 96.1 Å². The Hall–Kier alpha value is -3.84. The maximum atomic E-state index is 12.0. The predicted molar refractivity (Wildman–Crippen MR) is 177 cm³/mol. The van der Waals surface area contributed by atoms with Crippen LogP contribution >= 0.6 is 0 Å². The third-order valence-corrected chi connectivity index (χ3v) is 10.2. The number of rotatable bonds is 14. The molecule has 0 aromatic heterocycles. The molecule has 4 aromatic carbocycles. The SMILES string of the molecule is CCCS(=O)(=O)N[C@@H](Cc1cccc2ccccc12)C(=O)O.CCCS(=O)(=O)N[C@@H](Cc1cccc2ccccc12)C(=O)OC. The first-order chi connectivity index (χ1) is 21.4. The molecule has 0 unspecified atom stereocenters. The van der Waals surface area contributed by atoms with Gasteiger partial charge in [-0.1, -0.05) is 98.8 Å². The highest BCUT2D eigenvalue weighted by Gasteiger charge is 2.26. The van der Waals surface area contributed by atoms with Gasteiger partial charge in [0, 0.05) is 12.8 Å². The van der Waals surface area contributed by atoms with Crippen LogP contribution in [-0.4, -0.2) is 64.6 Å². The first kappa shape index (κ1) is 35.6. The Morgan fingerprint density at radius 3 is 1.49 bits per heavy atom. The van der Waals surface area contributed by atoms with Crippen LogP contribution in [0.15, 0.2) is 84.9 Å². The first-order valence-corrected chi connectivity index (χ1v) is 17.9. The van der Waals surface area contributed by atoms with E-state index in [0.717, 1.165) is 32.7 Å². The number of carboxylic acids is 1. The van der Waals surface area contributed by atoms with Crippen LogP contribution in [0.25, 0.3) is 21.5 Å². The average molecular weight is 657 g/mol. The molecule has 0 saturated carbocycles. The molecule has 0 aliphatic rings. The second kappa shape index (κ2) is 16.5. The van der Waals surface area contributed by atoms with Crippen LogP contribution in [0.3, 0.4) is 0 Å². The number of benzene rings is 4. The summed E-state index contributed by atoms with van der Waals surface area (Å²) in [6.45, 7) is 3.51. The van der Waals surface area contributed by atoms with Crippen molar-refractivity contribution in [1.82, 2.24) is 9.44 Å². The minimum Gasteiger partial charge on any atom is -0.480 e. The van der Waals surface area contributed by atoms with Gasteiger partial charge in [0.2, 0.25) is 20.0 Å². The number of hydrogen-bond donors (Lipinski definition) is 3. The minimum absolute atomic E-state index is 0.0178. The Morgan fingerprint density at radius 1 is 0.667 bits per heavy atom. The molecule has 12 heteroatoms. The molecule has 0 aliphatic heterocycles. The molecule has 3 N–H and O–H groups in total. The zero-order chi connectivity index (χ0) is 33.0. The summed E-state index contributed by atoms with van der Waals surface area (Å²) >= 11 is 0. The Balaban J connectivity index is 0.000000246. The molecule has 0 radical (unpaired) electrons. The minimum atomic E-state index is -3.58. The first-order valence-electron chi connectivity index (χ1n) is 14.6. The Morgan fingerprint density at radius 2 is 1.07 bits per heavy atom. The van der Waals surface area contributed by atoms with E-state index in [-0.39, 0.29) is 24.3 Å². The van der Waals surface area contributed by atoms with Crippen molar-refractivity contribution in [3.63, 3.8) is 0 Å². The Labute approximate surface area is 264 Å². The number of carbonyl (C=O) groups excluding carboxylic acids is 1. The van der Waals surface area contributed by atoms with Crippen LogP contribution in [0, 0.1) is 0 Å². The van der Waals surface area contributed by atoms with Crippen molar-refractivity contribution in [1.29, 1.82) is 0 Å². The van der Waals surface area contributed by atoms with E-state index in [1.54, 1.807) is 13.8 Å². The van der Waals surface area contributed by atoms with E-state index in [0.29, 0.717) is 12.8 Å². The lowest BCUT2D eigenvalue weighted by atomic mass is 9.99. The van der Waals surface area contributed by atoms with Crippen LogP contribution in [0.4, 0.5) is 0 Å². The van der Waals surface area contributed by atoms with Crippen molar-refractivity contribution in [2.45, 2.75) is 51.6 Å². The van der Waals surface area contributed by atoms with Gasteiger partial charge in [-0.3, -0.25) is 9.59 Å². The van der Waals surface area contributed by atoms with E-state index in [1.807, 2.05) is 84.9 Å². The van der Waals surface area contributed by atoms with Gasteiger partial charge in [0.05, 0.1) is 18.6 Å². The van der Waals surface area contributed by atoms with Gasteiger partial charge in [-0.25, -0.2) is 26.3 Å². The summed E-state index contributed by atoms with van der Waals surface area (Å²) < 4.78 is 57.1. The quantitative estimate of drug-likeness (QED) is 0.169. The highest BCUT2D eigenvalue weighted by molar-refractivity contribution is 7.89. The zero-order valence-electron chi connectivity index (χ0n) is 25.6. The number of fused-ring (bicyclic) bond motifs is 2. The second-order valence-electron chi connectivity index (χ2n) is 10.5. The molecule has 0 spiro atoms. The van der Waals surface area contributed by atoms with Crippen molar-refractivity contribution in [3.8, 4) is 0 Å². The maximum Gasteiger partial charge on any atom is 0.324 e. The smallest absolute Gasteiger partial charge is 0.324 e. The van der Waals surface area contributed by atoms with Gasteiger partial charge in [0.25, 0.3) is 0 Å². The number of esters is 1. The van der Waals surface area contributed by atoms with Crippen molar-refractivity contribution < 1.29 is 36.3 Å². The van der Waals surface area contributed by atoms with Crippen molar-refractivity contribution >= 4 is 53.5 Å². The third kappa shape index (κ3) is 10.6. The standard InChI is InChI=1S/C17H21NO4S.C16H19NO4S/c1-3-11-23(20,21)18-16(17(19)22-2)12-14-9-6-8-13-7-4-5-10-15(13)14;1-2-10-22(20,21)17-15(16(18)19)11-13-8-5-7-12-6-3-4-9-14(12)13/h4-10,16,18H,3,11-12H2,1-2H3;3-9,15,17H,2,10-11H2,1H3,(H,18,19)/t16-;15-/m00/s1. The average Bonchev–Trinajstić information content (AvgIpc) is 3.00. The highest BCUT2D eigenvalue weighted by Crippen LogP contribution is 2.21. The monoisotopic (exact) mass is 656 g/mol. The van der Waals surface area contributed by atoms with Gasteiger partial charge in [-0.05, 0) is 45.5 Å². The zero-order valence-corrected chi connectivity index (χ0v) is 27.2. The number of carboxylic acid groups (broad SMARTS) is 1. The van der Waals surface area contributed by atoms with E-state index in [4.69, 9.17) is 4.74 Å². The predicted octanol–water partition coefficient (Wildman–Crippen LogP) is 4.42. The number of nitrogens with one attached hydrogen (secondary N) is 2. The van der Waals surface area contributed by atoms with Gasteiger partial charge >= 0.3 is 11.9 Å². The second-order valence-corrected chi connectivity index (χ2v) is 14.3. The Bertz CT molecular complexity index is 1810. The van der Waals surface area contributed by atoms with Gasteiger partial charge in [0.1, 0.15) is 12.1 Å². The summed E-state index contributed by atoms with van der Waals surface area (Å²) in [5, 5.41) is 13.3. The molecular formula is C33H40N2O8S2. The summed E-state index contributed by atoms with van der Waals surface area (Å²) in [6.07, 6.45) is 1.28. The van der Waals surface area contributed by atoms with Crippen LogP contribution in [0.5, 0.6) is 0 Å². The number of hydrogen-bond acceptors (Lipinski definition) is 7. The summed E-state index contributed by atoms with van der Waals surface area (Å²) in [4.78, 5) is 23.4. The molecule has 0 amide bonds. The van der Waals surface area contributed by atoms with Crippen molar-refractivity contribution in [2.75, 3.05) is 18.6 Å². The molecule has 2 atom stereocenters. The van der Waals surface area contributed by atoms with Crippen LogP contribution in [-0.2, 0) is 47.2 Å². The third-order valence-electron chi connectivity index (χ3n) is 6.98. The fourth-order valence-corrected chi connectivity index (χ4v) is 7.51. The summed E-state index contributed by atoms with van der Waals surface area (Å²) in [6, 6.07) is 24.7. The molecule has 4 aromatic rings. The Kier molecular flexibility index (Phi) is 13.0. The summed E-state index contributed by atoms with van der Waals surface area (Å²) in [7, 11) is -5.83. The summed E-state index contributed by atoms with van der Waals surface area (Å²) in [5.41, 5.74) is 1.71. The molecular weight excluding hydrogens is 617 g/mol. The lowest BCUT2D eigenvalue weighted by Gasteiger charge is -2.17. The number of carbonyl (C=O) groups is 2. The van der Waals surface area contributed by atoms with E-state index in [1.165, 1.54) is 7.11 Å². The van der Waals surface area contributed by atoms with Crippen LogP contribution < -0.4 is 9.44 Å². The molecule has 0 saturated heterocycles. The molecule has 45 heavy (non-hydrogen) atoms. The van der Waals surface area contributed by atoms with Gasteiger partial charge in [-0.2, -0.15) is 0 Å². The van der Waals surface area contributed by atoms with E-state index < -0.39 is 44.1 Å². The summed E-state index contributed by atoms with van der Waals surface area (Å²) in [5.74, 6) is -1.85. The lowest BCUT2D eigenvalue weighted by molar-refractivity contribution is -0.142. The molecule has 10 nitrogen and oxygen atoms in total. The molecule has 0 aliphatic carbocycles. The number of aliphatic carboxylic acids is 1. The maximum absolute atomic E-state index is 12.0. The largest absolute Gasteiger partial charge is 0.480 e. The lowest BCUT2D eigenvalue weighted by Crippen LogP contribution is -2.43. The van der Waals surface area contributed by atoms with E-state index in [9.17, 15) is 31.5 Å². The highest BCUT2D eigenvalue weighted by atomic mass is 32.2. The van der Waals surface area contributed by atoms with E-state index >= 15 is 0 Å². The number of methoxy groups -OCH3 is 1. The molecule has 4 rings (SSSR count). The molecule has 0 heterocycles. The molecule has 242 valence electrons. The topological polar surface area (TPSA) is 156 Å².